The minimum atomic E-state index is -4.38. The van der Waals surface area contributed by atoms with E-state index in [0.29, 0.717) is 23.8 Å². The third kappa shape index (κ3) is 4.73. The summed E-state index contributed by atoms with van der Waals surface area (Å²) in [6, 6.07) is 13.9. The van der Waals surface area contributed by atoms with Gasteiger partial charge in [0.15, 0.2) is 0 Å². The molecule has 0 fully saturated rings. The van der Waals surface area contributed by atoms with Crippen LogP contribution in [0.1, 0.15) is 16.0 Å². The number of rotatable bonds is 5. The van der Waals surface area contributed by atoms with Gasteiger partial charge in [0.05, 0.1) is 0 Å². The maximum Gasteiger partial charge on any atom is 0.425 e. The van der Waals surface area contributed by atoms with E-state index in [0.717, 1.165) is 17.2 Å². The predicted molar refractivity (Wildman–Crippen MR) is 89.1 cm³/mol. The van der Waals surface area contributed by atoms with Crippen LogP contribution in [0.3, 0.4) is 0 Å². The smallest absolute Gasteiger partial charge is 0.425 e. The molecule has 0 atom stereocenters. The van der Waals surface area contributed by atoms with Gasteiger partial charge < -0.3 is 9.47 Å². The molecule has 130 valence electrons. The summed E-state index contributed by atoms with van der Waals surface area (Å²) in [7, 11) is 0. The number of benzene rings is 1. The van der Waals surface area contributed by atoms with E-state index in [1.807, 2.05) is 37.3 Å². The van der Waals surface area contributed by atoms with Crippen LogP contribution in [0.5, 0.6) is 17.5 Å². The van der Waals surface area contributed by atoms with Crippen molar-refractivity contribution in [2.75, 3.05) is 0 Å². The van der Waals surface area contributed by atoms with Gasteiger partial charge in [0, 0.05) is 23.6 Å². The van der Waals surface area contributed by atoms with E-state index in [-0.39, 0.29) is 11.6 Å². The molecule has 0 unspecified atom stereocenters. The lowest BCUT2D eigenvalue weighted by atomic mass is 10.2. The third-order valence-corrected chi connectivity index (χ3v) is 4.18. The second-order valence-corrected chi connectivity index (χ2v) is 6.25. The molecule has 2 aromatic heterocycles. The largest absolute Gasteiger partial charge is 0.473 e. The minimum Gasteiger partial charge on any atom is -0.473 e. The Morgan fingerprint density at radius 1 is 1.04 bits per heavy atom. The summed E-state index contributed by atoms with van der Waals surface area (Å²) in [6.07, 6.45) is -4.38. The van der Waals surface area contributed by atoms with Crippen LogP contribution in [-0.4, -0.2) is 4.98 Å². The molecule has 3 aromatic rings. The van der Waals surface area contributed by atoms with Gasteiger partial charge in [-0.1, -0.05) is 30.3 Å². The van der Waals surface area contributed by atoms with E-state index in [2.05, 4.69) is 4.98 Å². The van der Waals surface area contributed by atoms with E-state index in [9.17, 15) is 13.2 Å². The van der Waals surface area contributed by atoms with Crippen molar-refractivity contribution in [2.45, 2.75) is 19.7 Å². The number of aromatic nitrogens is 1. The Morgan fingerprint density at radius 3 is 2.44 bits per heavy atom. The van der Waals surface area contributed by atoms with Crippen LogP contribution in [-0.2, 0) is 12.8 Å². The van der Waals surface area contributed by atoms with Gasteiger partial charge >= 0.3 is 6.18 Å². The van der Waals surface area contributed by atoms with Gasteiger partial charge in [-0.3, -0.25) is 0 Å². The van der Waals surface area contributed by atoms with Crippen LogP contribution in [0.2, 0.25) is 0 Å². The van der Waals surface area contributed by atoms with Gasteiger partial charge in [-0.15, -0.1) is 11.3 Å². The second kappa shape index (κ2) is 7.14. The average molecular weight is 365 g/mol. The number of aryl methyl sites for hydroxylation is 1. The van der Waals surface area contributed by atoms with Gasteiger partial charge in [-0.05, 0) is 18.1 Å². The first-order valence-electron chi connectivity index (χ1n) is 7.39. The fraction of sp³-hybridized carbons (Fsp3) is 0.167. The van der Waals surface area contributed by atoms with Gasteiger partial charge in [-0.25, -0.2) is 0 Å². The van der Waals surface area contributed by atoms with Gasteiger partial charge in [0.25, 0.3) is 0 Å². The zero-order valence-electron chi connectivity index (χ0n) is 13.2. The fourth-order valence-corrected chi connectivity index (χ4v) is 2.78. The summed E-state index contributed by atoms with van der Waals surface area (Å²) in [6.45, 7) is 2.17. The van der Waals surface area contributed by atoms with Crippen molar-refractivity contribution in [3.05, 3.63) is 69.9 Å². The summed E-state index contributed by atoms with van der Waals surface area (Å²) < 4.78 is 49.0. The molecule has 0 N–H and O–H groups in total. The molecule has 0 aliphatic rings. The Labute approximate surface area is 146 Å². The topological polar surface area (TPSA) is 31.4 Å². The highest BCUT2D eigenvalue weighted by Gasteiger charge is 2.32. The van der Waals surface area contributed by atoms with Crippen molar-refractivity contribution in [1.82, 2.24) is 4.98 Å². The first-order valence-corrected chi connectivity index (χ1v) is 8.27. The Morgan fingerprint density at radius 2 is 1.76 bits per heavy atom. The lowest BCUT2D eigenvalue weighted by Crippen LogP contribution is -2.01. The summed E-state index contributed by atoms with van der Waals surface area (Å²) in [5, 5.41) is 1.30. The van der Waals surface area contributed by atoms with Crippen LogP contribution >= 0.6 is 11.3 Å². The highest BCUT2D eigenvalue weighted by atomic mass is 32.1. The molecular weight excluding hydrogens is 351 g/mol. The van der Waals surface area contributed by atoms with Crippen molar-refractivity contribution in [3.63, 3.8) is 0 Å². The lowest BCUT2D eigenvalue weighted by Gasteiger charge is -2.09. The van der Waals surface area contributed by atoms with Crippen molar-refractivity contribution in [1.29, 1.82) is 0 Å². The van der Waals surface area contributed by atoms with E-state index in [1.165, 1.54) is 5.38 Å². The van der Waals surface area contributed by atoms with E-state index in [1.54, 1.807) is 12.1 Å². The monoisotopic (exact) mass is 365 g/mol. The summed E-state index contributed by atoms with van der Waals surface area (Å²) in [5.41, 5.74) is 1.82. The Bertz CT molecular complexity index is 847. The maximum atomic E-state index is 12.6. The number of hydrogen-bond acceptors (Lipinski definition) is 4. The van der Waals surface area contributed by atoms with Crippen molar-refractivity contribution >= 4 is 11.3 Å². The molecule has 3 nitrogen and oxygen atoms in total. The van der Waals surface area contributed by atoms with Crippen LogP contribution in [0, 0.1) is 6.92 Å². The molecule has 0 radical (unpaired) electrons. The molecule has 2 heterocycles. The van der Waals surface area contributed by atoms with E-state index in [4.69, 9.17) is 9.47 Å². The third-order valence-electron chi connectivity index (χ3n) is 3.23. The summed E-state index contributed by atoms with van der Waals surface area (Å²) in [5.74, 6) is 0.643. The number of hydrogen-bond donors (Lipinski definition) is 0. The quantitative estimate of drug-likeness (QED) is 0.569. The van der Waals surface area contributed by atoms with Crippen molar-refractivity contribution < 1.29 is 22.6 Å². The highest BCUT2D eigenvalue weighted by Crippen LogP contribution is 2.37. The van der Waals surface area contributed by atoms with Crippen LogP contribution in [0.4, 0.5) is 13.2 Å². The molecule has 25 heavy (non-hydrogen) atoms. The summed E-state index contributed by atoms with van der Waals surface area (Å²) >= 11 is 0.583. The second-order valence-electron chi connectivity index (χ2n) is 5.34. The zero-order valence-corrected chi connectivity index (χ0v) is 14.0. The number of pyridine rings is 1. The van der Waals surface area contributed by atoms with Crippen LogP contribution in [0.15, 0.2) is 53.9 Å². The maximum absolute atomic E-state index is 12.6. The Hall–Kier alpha value is -2.54. The van der Waals surface area contributed by atoms with Crippen molar-refractivity contribution in [2.24, 2.45) is 0 Å². The number of ether oxygens (including phenoxy) is 2. The highest BCUT2D eigenvalue weighted by molar-refractivity contribution is 7.10. The standard InChI is InChI=1S/C18H14F3NO2S/c1-12-7-16(23-10-13-5-3-2-4-6-13)22-17(8-12)24-14-9-15(25-11-14)18(19,20)21/h2-9,11H,10H2,1H3. The Balaban J connectivity index is 1.72. The van der Waals surface area contributed by atoms with E-state index >= 15 is 0 Å². The minimum absolute atomic E-state index is 0.101. The molecule has 1 aromatic carbocycles. The van der Waals surface area contributed by atoms with Crippen molar-refractivity contribution in [3.8, 4) is 17.5 Å². The summed E-state index contributed by atoms with van der Waals surface area (Å²) in [4.78, 5) is 3.48. The first kappa shape index (κ1) is 17.3. The molecule has 0 aliphatic heterocycles. The molecule has 0 bridgehead atoms. The molecule has 0 amide bonds. The first-order chi connectivity index (χ1) is 11.9. The zero-order chi connectivity index (χ0) is 17.9. The molecular formula is C18H14F3NO2S. The van der Waals surface area contributed by atoms with Gasteiger partial charge in [0.2, 0.25) is 11.8 Å². The predicted octanol–water partition coefficient (Wildman–Crippen LogP) is 5.84. The molecule has 0 spiro atoms. The number of alkyl halides is 3. The lowest BCUT2D eigenvalue weighted by molar-refractivity contribution is -0.134. The van der Waals surface area contributed by atoms with Gasteiger partial charge in [0.1, 0.15) is 17.2 Å². The Kier molecular flexibility index (Phi) is 4.94. The van der Waals surface area contributed by atoms with E-state index < -0.39 is 11.1 Å². The molecule has 0 saturated heterocycles. The number of thiophene rings is 1. The molecule has 7 heteroatoms. The molecule has 0 aliphatic carbocycles. The van der Waals surface area contributed by atoms with Crippen LogP contribution < -0.4 is 9.47 Å². The number of nitrogens with zero attached hydrogens (tertiary/aromatic N) is 1. The normalized spacial score (nSPS) is 11.4. The molecule has 3 rings (SSSR count). The average Bonchev–Trinajstić information content (AvgIpc) is 3.02. The fourth-order valence-electron chi connectivity index (χ4n) is 2.10. The SMILES string of the molecule is Cc1cc(OCc2ccccc2)nc(Oc2csc(C(F)(F)F)c2)c1. The number of halogens is 3. The van der Waals surface area contributed by atoms with Crippen LogP contribution in [0.25, 0.3) is 0 Å². The molecule has 0 saturated carbocycles. The van der Waals surface area contributed by atoms with Gasteiger partial charge in [-0.2, -0.15) is 18.2 Å².